The lowest BCUT2D eigenvalue weighted by Crippen LogP contribution is -2.13. The molecule has 20 heavy (non-hydrogen) atoms. The first-order valence-corrected chi connectivity index (χ1v) is 8.00. The minimum atomic E-state index is -0.0683. The molecule has 3 atom stereocenters. The Morgan fingerprint density at radius 2 is 1.95 bits per heavy atom. The lowest BCUT2D eigenvalue weighted by molar-refractivity contribution is 0.396. The van der Waals surface area contributed by atoms with Gasteiger partial charge in [-0.1, -0.05) is 32.4 Å². The lowest BCUT2D eigenvalue weighted by Gasteiger charge is -2.22. The molecule has 2 rings (SSSR count). The van der Waals surface area contributed by atoms with E-state index in [0.29, 0.717) is 12.0 Å². The minimum absolute atomic E-state index is 0.0683. The smallest absolute Gasteiger partial charge is 0.127 e. The first-order chi connectivity index (χ1) is 9.45. The zero-order valence-corrected chi connectivity index (χ0v) is 13.9. The molecule has 0 saturated carbocycles. The third-order valence-corrected chi connectivity index (χ3v) is 4.37. The SMILES string of the molecule is CCC(C)CC(C)n1c(C(C)Cl)nc2cccc(C)c21. The predicted octanol–water partition coefficient (Wildman–Crippen LogP) is 5.64. The number of fused-ring (bicyclic) bond motifs is 1. The molecule has 3 unspecified atom stereocenters. The molecule has 3 heteroatoms. The Kier molecular flexibility index (Phi) is 4.74. The fraction of sp³-hybridized carbons (Fsp3) is 0.588. The number of alkyl halides is 1. The Morgan fingerprint density at radius 1 is 1.25 bits per heavy atom. The van der Waals surface area contributed by atoms with Crippen LogP contribution < -0.4 is 0 Å². The van der Waals surface area contributed by atoms with Gasteiger partial charge < -0.3 is 4.57 Å². The molecule has 2 aromatic rings. The van der Waals surface area contributed by atoms with E-state index >= 15 is 0 Å². The monoisotopic (exact) mass is 292 g/mol. The quantitative estimate of drug-likeness (QED) is 0.652. The summed E-state index contributed by atoms with van der Waals surface area (Å²) in [5.41, 5.74) is 3.57. The van der Waals surface area contributed by atoms with Crippen LogP contribution in [-0.2, 0) is 0 Å². The van der Waals surface area contributed by atoms with E-state index in [-0.39, 0.29) is 5.38 Å². The molecule has 1 aromatic carbocycles. The molecule has 0 aliphatic carbocycles. The summed E-state index contributed by atoms with van der Waals surface area (Å²) in [7, 11) is 0. The van der Waals surface area contributed by atoms with E-state index in [0.717, 1.165) is 17.8 Å². The molecule has 0 amide bonds. The number of hydrogen-bond donors (Lipinski definition) is 0. The number of rotatable bonds is 5. The van der Waals surface area contributed by atoms with E-state index in [1.807, 2.05) is 6.92 Å². The van der Waals surface area contributed by atoms with Crippen molar-refractivity contribution in [2.45, 2.75) is 58.9 Å². The Hall–Kier alpha value is -1.02. The number of aryl methyl sites for hydroxylation is 1. The van der Waals surface area contributed by atoms with Gasteiger partial charge in [0.25, 0.3) is 0 Å². The summed E-state index contributed by atoms with van der Waals surface area (Å²) in [6, 6.07) is 6.72. The Bertz CT molecular complexity index is 586. The van der Waals surface area contributed by atoms with Crippen LogP contribution in [0.15, 0.2) is 18.2 Å². The van der Waals surface area contributed by atoms with E-state index in [2.05, 4.69) is 50.5 Å². The molecule has 1 aromatic heterocycles. The van der Waals surface area contributed by atoms with Gasteiger partial charge in [-0.3, -0.25) is 0 Å². The second-order valence-corrected chi connectivity index (χ2v) is 6.65. The van der Waals surface area contributed by atoms with Gasteiger partial charge in [-0.05, 0) is 44.7 Å². The molecular weight excluding hydrogens is 268 g/mol. The van der Waals surface area contributed by atoms with Gasteiger partial charge in [0.15, 0.2) is 0 Å². The van der Waals surface area contributed by atoms with Crippen LogP contribution in [0.2, 0.25) is 0 Å². The average molecular weight is 293 g/mol. The van der Waals surface area contributed by atoms with Gasteiger partial charge in [0, 0.05) is 6.04 Å². The third-order valence-electron chi connectivity index (χ3n) is 4.18. The van der Waals surface area contributed by atoms with Gasteiger partial charge in [0.1, 0.15) is 5.82 Å². The van der Waals surface area contributed by atoms with Crippen molar-refractivity contribution in [3.8, 4) is 0 Å². The molecule has 0 saturated heterocycles. The second kappa shape index (κ2) is 6.17. The van der Waals surface area contributed by atoms with Crippen molar-refractivity contribution in [3.63, 3.8) is 0 Å². The van der Waals surface area contributed by atoms with Crippen LogP contribution >= 0.6 is 11.6 Å². The van der Waals surface area contributed by atoms with Crippen LogP contribution in [0.3, 0.4) is 0 Å². The highest BCUT2D eigenvalue weighted by Crippen LogP contribution is 2.32. The average Bonchev–Trinajstić information content (AvgIpc) is 2.79. The molecule has 0 aliphatic rings. The maximum atomic E-state index is 6.36. The fourth-order valence-electron chi connectivity index (χ4n) is 2.92. The highest BCUT2D eigenvalue weighted by atomic mass is 35.5. The molecule has 0 radical (unpaired) electrons. The molecule has 2 nitrogen and oxygen atoms in total. The first kappa shape index (κ1) is 15.4. The fourth-order valence-corrected chi connectivity index (χ4v) is 3.07. The molecule has 110 valence electrons. The number of benzene rings is 1. The number of halogens is 1. The van der Waals surface area contributed by atoms with E-state index in [1.54, 1.807) is 0 Å². The standard InChI is InChI=1S/C17H25ClN2/c1-6-11(2)10-13(4)20-16-12(3)8-7-9-15(16)19-17(20)14(5)18/h7-9,11,13-14H,6,10H2,1-5H3. The Balaban J connectivity index is 2.56. The molecular formula is C17H25ClN2. The van der Waals surface area contributed by atoms with Crippen molar-refractivity contribution < 1.29 is 0 Å². The van der Waals surface area contributed by atoms with Crippen molar-refractivity contribution >= 4 is 22.6 Å². The second-order valence-electron chi connectivity index (χ2n) is 6.00. The normalized spacial score (nSPS) is 16.3. The summed E-state index contributed by atoms with van der Waals surface area (Å²) in [5, 5.41) is -0.0683. The number of aromatic nitrogens is 2. The lowest BCUT2D eigenvalue weighted by atomic mass is 10.00. The third kappa shape index (κ3) is 2.85. The Morgan fingerprint density at radius 3 is 2.55 bits per heavy atom. The number of imidazole rings is 1. The first-order valence-electron chi connectivity index (χ1n) is 7.57. The van der Waals surface area contributed by atoms with Crippen molar-refractivity contribution in [2.24, 2.45) is 5.92 Å². The summed E-state index contributed by atoms with van der Waals surface area (Å²) >= 11 is 6.36. The number of hydrogen-bond acceptors (Lipinski definition) is 1. The van der Waals surface area contributed by atoms with Crippen LogP contribution in [-0.4, -0.2) is 9.55 Å². The van der Waals surface area contributed by atoms with E-state index in [1.165, 1.54) is 17.5 Å². The zero-order chi connectivity index (χ0) is 14.9. The molecule has 0 fully saturated rings. The van der Waals surface area contributed by atoms with E-state index in [4.69, 9.17) is 16.6 Å². The van der Waals surface area contributed by atoms with E-state index < -0.39 is 0 Å². The summed E-state index contributed by atoms with van der Waals surface area (Å²) in [5.74, 6) is 1.71. The number of para-hydroxylation sites is 1. The molecule has 0 bridgehead atoms. The zero-order valence-electron chi connectivity index (χ0n) is 13.2. The summed E-state index contributed by atoms with van der Waals surface area (Å²) in [4.78, 5) is 4.76. The van der Waals surface area contributed by atoms with Crippen molar-refractivity contribution in [2.75, 3.05) is 0 Å². The maximum Gasteiger partial charge on any atom is 0.127 e. The van der Waals surface area contributed by atoms with Gasteiger partial charge >= 0.3 is 0 Å². The minimum Gasteiger partial charge on any atom is -0.324 e. The van der Waals surface area contributed by atoms with Crippen LogP contribution in [0.1, 0.15) is 63.3 Å². The Labute approximate surface area is 127 Å². The van der Waals surface area contributed by atoms with E-state index in [9.17, 15) is 0 Å². The molecule has 0 aliphatic heterocycles. The van der Waals surface area contributed by atoms with Crippen molar-refractivity contribution in [3.05, 3.63) is 29.6 Å². The number of nitrogens with zero attached hydrogens (tertiary/aromatic N) is 2. The molecule has 0 N–H and O–H groups in total. The van der Waals surface area contributed by atoms with Gasteiger partial charge in [-0.15, -0.1) is 11.6 Å². The largest absolute Gasteiger partial charge is 0.324 e. The van der Waals surface area contributed by atoms with Crippen LogP contribution in [0.4, 0.5) is 0 Å². The van der Waals surface area contributed by atoms with Gasteiger partial charge in [-0.25, -0.2) is 4.98 Å². The van der Waals surface area contributed by atoms with Crippen LogP contribution in [0.25, 0.3) is 11.0 Å². The maximum absolute atomic E-state index is 6.36. The van der Waals surface area contributed by atoms with Gasteiger partial charge in [0.05, 0.1) is 16.4 Å². The summed E-state index contributed by atoms with van der Waals surface area (Å²) < 4.78 is 2.36. The van der Waals surface area contributed by atoms with Crippen molar-refractivity contribution in [1.29, 1.82) is 0 Å². The van der Waals surface area contributed by atoms with Crippen LogP contribution in [0, 0.1) is 12.8 Å². The summed E-state index contributed by atoms with van der Waals surface area (Å²) in [6.07, 6.45) is 2.37. The topological polar surface area (TPSA) is 17.8 Å². The highest BCUT2D eigenvalue weighted by Gasteiger charge is 2.21. The molecule has 1 heterocycles. The van der Waals surface area contributed by atoms with Gasteiger partial charge in [-0.2, -0.15) is 0 Å². The predicted molar refractivity (Wildman–Crippen MR) is 87.5 cm³/mol. The van der Waals surface area contributed by atoms with Crippen molar-refractivity contribution in [1.82, 2.24) is 9.55 Å². The molecule has 0 spiro atoms. The highest BCUT2D eigenvalue weighted by molar-refractivity contribution is 6.20. The van der Waals surface area contributed by atoms with Crippen LogP contribution in [0.5, 0.6) is 0 Å². The van der Waals surface area contributed by atoms with Gasteiger partial charge in [0.2, 0.25) is 0 Å². The summed E-state index contributed by atoms with van der Waals surface area (Å²) in [6.45, 7) is 11.0.